The van der Waals surface area contributed by atoms with Crippen molar-refractivity contribution in [1.82, 2.24) is 0 Å². The highest BCUT2D eigenvalue weighted by Crippen LogP contribution is 2.15. The molecule has 12 heavy (non-hydrogen) atoms. The van der Waals surface area contributed by atoms with Crippen molar-refractivity contribution in [2.24, 2.45) is 0 Å². The Labute approximate surface area is 67.9 Å². The quantitative estimate of drug-likeness (QED) is 0.644. The van der Waals surface area contributed by atoms with Crippen molar-refractivity contribution in [3.8, 4) is 5.75 Å². The van der Waals surface area contributed by atoms with Gasteiger partial charge in [-0.25, -0.2) is 0 Å². The minimum Gasteiger partial charge on any atom is -0.508 e. The zero-order chi connectivity index (χ0) is 9.35. The first-order chi connectivity index (χ1) is 5.41. The lowest BCUT2D eigenvalue weighted by atomic mass is 9.77. The number of hydrogen-bond donors (Lipinski definition) is 1. The standard InChI is InChI=1S/C7H7BF3O/c1-5-2-3-6(12)4-7(5)8(9,10)11/h2-4,12H,1H3/q-1. The number of phenolic OH excluding ortho intramolecular Hbond substituents is 1. The molecular weight excluding hydrogens is 168 g/mol. The number of benzene rings is 1. The Hall–Kier alpha value is -1.13. The summed E-state index contributed by atoms with van der Waals surface area (Å²) in [6.45, 7) is -3.64. The van der Waals surface area contributed by atoms with Gasteiger partial charge in [0.05, 0.1) is 0 Å². The van der Waals surface area contributed by atoms with Crippen LogP contribution in [0.15, 0.2) is 18.2 Å². The van der Waals surface area contributed by atoms with E-state index in [0.717, 1.165) is 6.07 Å². The van der Waals surface area contributed by atoms with Gasteiger partial charge in [-0.05, 0) is 19.1 Å². The Kier molecular flexibility index (Phi) is 2.04. The van der Waals surface area contributed by atoms with Crippen LogP contribution in [0.25, 0.3) is 0 Å². The van der Waals surface area contributed by atoms with Crippen LogP contribution in [0.4, 0.5) is 12.9 Å². The molecule has 0 spiro atoms. The van der Waals surface area contributed by atoms with Crippen molar-refractivity contribution >= 4 is 12.4 Å². The van der Waals surface area contributed by atoms with Gasteiger partial charge in [-0.1, -0.05) is 11.6 Å². The third kappa shape index (κ3) is 1.72. The third-order valence-electron chi connectivity index (χ3n) is 1.62. The number of aromatic hydroxyl groups is 1. The summed E-state index contributed by atoms with van der Waals surface area (Å²) in [7, 11) is 0. The second-order valence-corrected chi connectivity index (χ2v) is 2.62. The van der Waals surface area contributed by atoms with Crippen molar-refractivity contribution in [2.45, 2.75) is 6.92 Å². The summed E-state index contributed by atoms with van der Waals surface area (Å²) in [5.41, 5.74) is -0.588. The minimum atomic E-state index is -5.01. The van der Waals surface area contributed by atoms with Gasteiger partial charge in [0.25, 0.3) is 0 Å². The second-order valence-electron chi connectivity index (χ2n) is 2.62. The largest absolute Gasteiger partial charge is 0.510 e. The highest BCUT2D eigenvalue weighted by atomic mass is 19.4. The zero-order valence-corrected chi connectivity index (χ0v) is 6.39. The van der Waals surface area contributed by atoms with Crippen molar-refractivity contribution in [1.29, 1.82) is 0 Å². The first kappa shape index (κ1) is 8.97. The SMILES string of the molecule is Cc1ccc(O)cc1[B-](F)(F)F. The van der Waals surface area contributed by atoms with Gasteiger partial charge in [-0.3, -0.25) is 0 Å². The molecule has 0 aliphatic carbocycles. The summed E-state index contributed by atoms with van der Waals surface area (Å²) >= 11 is 0. The molecule has 1 rings (SSSR count). The molecule has 0 atom stereocenters. The monoisotopic (exact) mass is 175 g/mol. The summed E-state index contributed by atoms with van der Waals surface area (Å²) < 4.78 is 36.5. The Morgan fingerprint density at radius 3 is 2.25 bits per heavy atom. The first-order valence-corrected chi connectivity index (χ1v) is 3.40. The molecule has 1 nitrogen and oxygen atoms in total. The van der Waals surface area contributed by atoms with Crippen LogP contribution in [0.2, 0.25) is 0 Å². The Morgan fingerprint density at radius 1 is 1.25 bits per heavy atom. The lowest BCUT2D eigenvalue weighted by molar-refractivity contribution is 0.472. The van der Waals surface area contributed by atoms with Gasteiger partial charge in [0.15, 0.2) is 0 Å². The van der Waals surface area contributed by atoms with Gasteiger partial charge in [-0.15, -0.1) is 5.46 Å². The highest BCUT2D eigenvalue weighted by Gasteiger charge is 2.27. The van der Waals surface area contributed by atoms with Crippen LogP contribution in [0, 0.1) is 6.92 Å². The Bertz CT molecular complexity index is 295. The van der Waals surface area contributed by atoms with E-state index in [-0.39, 0.29) is 11.3 Å². The summed E-state index contributed by atoms with van der Waals surface area (Å²) in [6, 6.07) is 3.23. The molecule has 1 N–H and O–H groups in total. The van der Waals surface area contributed by atoms with E-state index < -0.39 is 12.4 Å². The van der Waals surface area contributed by atoms with Crippen LogP contribution in [-0.4, -0.2) is 12.1 Å². The minimum absolute atomic E-state index is 0.139. The molecule has 1 aromatic rings. The molecule has 5 heteroatoms. The first-order valence-electron chi connectivity index (χ1n) is 3.40. The van der Waals surface area contributed by atoms with Crippen molar-refractivity contribution in [3.05, 3.63) is 23.8 Å². The second kappa shape index (κ2) is 2.73. The molecule has 0 amide bonds. The number of halogens is 3. The smallest absolute Gasteiger partial charge is 0.508 e. The Balaban J connectivity index is 3.23. The molecule has 0 saturated heterocycles. The maximum absolute atomic E-state index is 12.2. The summed E-state index contributed by atoms with van der Waals surface area (Å²) in [5, 5.41) is 8.81. The predicted octanol–water partition coefficient (Wildman–Crippen LogP) is 1.76. The molecule has 0 heterocycles. The average molecular weight is 175 g/mol. The molecule has 0 aromatic heterocycles. The van der Waals surface area contributed by atoms with Crippen molar-refractivity contribution in [2.75, 3.05) is 0 Å². The number of hydrogen-bond acceptors (Lipinski definition) is 1. The molecule has 0 aliphatic rings. The summed E-state index contributed by atoms with van der Waals surface area (Å²) in [4.78, 5) is 0. The molecular formula is C7H7BF3O-. The van der Waals surface area contributed by atoms with Crippen molar-refractivity contribution in [3.63, 3.8) is 0 Å². The number of aryl methyl sites for hydroxylation is 1. The van der Waals surface area contributed by atoms with Crippen LogP contribution < -0.4 is 5.46 Å². The lowest BCUT2D eigenvalue weighted by Crippen LogP contribution is -2.35. The van der Waals surface area contributed by atoms with E-state index in [1.54, 1.807) is 0 Å². The van der Waals surface area contributed by atoms with Gasteiger partial charge < -0.3 is 18.1 Å². The zero-order valence-electron chi connectivity index (χ0n) is 6.39. The molecule has 66 valence electrons. The highest BCUT2D eigenvalue weighted by molar-refractivity contribution is 6.74. The van der Waals surface area contributed by atoms with E-state index in [2.05, 4.69) is 0 Å². The number of phenols is 1. The fourth-order valence-corrected chi connectivity index (χ4v) is 0.981. The van der Waals surface area contributed by atoms with Crippen LogP contribution in [0.3, 0.4) is 0 Å². The maximum Gasteiger partial charge on any atom is 0.510 e. The molecule has 1 aromatic carbocycles. The fourth-order valence-electron chi connectivity index (χ4n) is 0.981. The van der Waals surface area contributed by atoms with E-state index in [1.165, 1.54) is 19.1 Å². The van der Waals surface area contributed by atoms with Gasteiger partial charge in [0.2, 0.25) is 0 Å². The van der Waals surface area contributed by atoms with E-state index >= 15 is 0 Å². The molecule has 0 bridgehead atoms. The molecule has 0 aliphatic heterocycles. The van der Waals surface area contributed by atoms with E-state index in [1.807, 2.05) is 0 Å². The van der Waals surface area contributed by atoms with E-state index in [0.29, 0.717) is 0 Å². The maximum atomic E-state index is 12.2. The normalized spacial score (nSPS) is 11.7. The van der Waals surface area contributed by atoms with Gasteiger partial charge in [0, 0.05) is 0 Å². The lowest BCUT2D eigenvalue weighted by Gasteiger charge is -2.17. The fraction of sp³-hybridized carbons (Fsp3) is 0.143. The Morgan fingerprint density at radius 2 is 1.83 bits per heavy atom. The van der Waals surface area contributed by atoms with E-state index in [4.69, 9.17) is 5.11 Å². The van der Waals surface area contributed by atoms with Gasteiger partial charge in [-0.2, -0.15) is 0 Å². The van der Waals surface area contributed by atoms with Crippen LogP contribution in [0.5, 0.6) is 5.75 Å². The van der Waals surface area contributed by atoms with Gasteiger partial charge in [0.1, 0.15) is 5.75 Å². The van der Waals surface area contributed by atoms with Gasteiger partial charge >= 0.3 is 6.98 Å². The van der Waals surface area contributed by atoms with Crippen molar-refractivity contribution < 1.29 is 18.1 Å². The summed E-state index contributed by atoms with van der Waals surface area (Å²) in [6.07, 6.45) is 0. The van der Waals surface area contributed by atoms with Crippen LogP contribution in [-0.2, 0) is 0 Å². The van der Waals surface area contributed by atoms with Crippen LogP contribution in [0.1, 0.15) is 5.56 Å². The molecule has 0 unspecified atom stereocenters. The topological polar surface area (TPSA) is 20.2 Å². The summed E-state index contributed by atoms with van der Waals surface area (Å²) in [5.74, 6) is -0.352. The number of rotatable bonds is 1. The molecule has 0 radical (unpaired) electrons. The van der Waals surface area contributed by atoms with E-state index in [9.17, 15) is 12.9 Å². The third-order valence-corrected chi connectivity index (χ3v) is 1.62. The molecule has 0 fully saturated rings. The average Bonchev–Trinajstić information content (AvgIpc) is 1.92. The van der Waals surface area contributed by atoms with Crippen LogP contribution >= 0.6 is 0 Å². The predicted molar refractivity (Wildman–Crippen MR) is 41.6 cm³/mol. The molecule has 0 saturated carbocycles.